The van der Waals surface area contributed by atoms with Crippen LogP contribution in [-0.4, -0.2) is 18.4 Å². The van der Waals surface area contributed by atoms with Crippen molar-refractivity contribution in [3.63, 3.8) is 0 Å². The highest BCUT2D eigenvalue weighted by molar-refractivity contribution is 5.88. The van der Waals surface area contributed by atoms with Crippen LogP contribution in [0.3, 0.4) is 0 Å². The number of benzene rings is 1. The molecular formula is C12H11NO2. The van der Waals surface area contributed by atoms with E-state index in [4.69, 9.17) is 4.74 Å². The van der Waals surface area contributed by atoms with Crippen LogP contribution in [-0.2, 0) is 0 Å². The Kier molecular flexibility index (Phi) is 2.37. The Hall–Kier alpha value is -1.90. The summed E-state index contributed by atoms with van der Waals surface area (Å²) in [5, 5.41) is 0.956. The minimum absolute atomic E-state index is 0.376. The van der Waals surface area contributed by atoms with E-state index in [-0.39, 0.29) is 0 Å². The van der Waals surface area contributed by atoms with Crippen LogP contribution < -0.4 is 4.74 Å². The molecule has 1 aromatic carbocycles. The molecule has 0 bridgehead atoms. The zero-order valence-electron chi connectivity index (χ0n) is 8.65. The summed E-state index contributed by atoms with van der Waals surface area (Å²) in [5.41, 5.74) is 2.46. The first-order valence-electron chi connectivity index (χ1n) is 4.65. The van der Waals surface area contributed by atoms with Crippen molar-refractivity contribution in [2.75, 3.05) is 7.11 Å². The maximum Gasteiger partial charge on any atom is 0.224 e. The highest BCUT2D eigenvalue weighted by atomic mass is 16.5. The van der Waals surface area contributed by atoms with Crippen LogP contribution in [0, 0.1) is 6.92 Å². The highest BCUT2D eigenvalue weighted by Crippen LogP contribution is 2.21. The van der Waals surface area contributed by atoms with Crippen LogP contribution in [0.2, 0.25) is 0 Å². The molecule has 0 unspecified atom stereocenters. The zero-order valence-corrected chi connectivity index (χ0v) is 8.65. The Balaban J connectivity index is 2.75. The standard InChI is InChI=1S/C12H11NO2/c1-8-3-4-11-9(5-8)6-10(7-14)12(13-11)15-2/h3-7H,1-2H3. The number of pyridine rings is 1. The number of methoxy groups -OCH3 is 1. The van der Waals surface area contributed by atoms with E-state index in [0.717, 1.165) is 22.8 Å². The van der Waals surface area contributed by atoms with Crippen molar-refractivity contribution < 1.29 is 9.53 Å². The maximum atomic E-state index is 10.8. The smallest absolute Gasteiger partial charge is 0.224 e. The molecule has 0 aliphatic carbocycles. The van der Waals surface area contributed by atoms with Crippen LogP contribution in [0.4, 0.5) is 0 Å². The number of aromatic nitrogens is 1. The fourth-order valence-electron chi connectivity index (χ4n) is 1.54. The number of rotatable bonds is 2. The first-order valence-corrected chi connectivity index (χ1v) is 4.65. The Labute approximate surface area is 87.7 Å². The Morgan fingerprint density at radius 3 is 2.80 bits per heavy atom. The van der Waals surface area contributed by atoms with Crippen LogP contribution >= 0.6 is 0 Å². The highest BCUT2D eigenvalue weighted by Gasteiger charge is 2.05. The van der Waals surface area contributed by atoms with Crippen LogP contribution in [0.25, 0.3) is 10.9 Å². The second kappa shape index (κ2) is 3.69. The average Bonchev–Trinajstić information content (AvgIpc) is 2.27. The summed E-state index contributed by atoms with van der Waals surface area (Å²) in [6, 6.07) is 7.69. The molecule has 0 atom stereocenters. The molecule has 0 saturated heterocycles. The van der Waals surface area contributed by atoms with Gasteiger partial charge in [0.05, 0.1) is 18.2 Å². The van der Waals surface area contributed by atoms with Crippen molar-refractivity contribution in [1.82, 2.24) is 4.98 Å². The van der Waals surface area contributed by atoms with Gasteiger partial charge in [-0.25, -0.2) is 4.98 Å². The molecule has 1 heterocycles. The summed E-state index contributed by atoms with van der Waals surface area (Å²) < 4.78 is 5.03. The minimum Gasteiger partial charge on any atom is -0.480 e. The fourth-order valence-corrected chi connectivity index (χ4v) is 1.54. The second-order valence-corrected chi connectivity index (χ2v) is 3.40. The van der Waals surface area contributed by atoms with E-state index in [1.807, 2.05) is 25.1 Å². The number of ether oxygens (including phenoxy) is 1. The molecule has 1 aromatic heterocycles. The summed E-state index contributed by atoms with van der Waals surface area (Å²) in [7, 11) is 1.51. The van der Waals surface area contributed by atoms with Gasteiger partial charge in [-0.05, 0) is 25.1 Å². The third-order valence-corrected chi connectivity index (χ3v) is 2.28. The van der Waals surface area contributed by atoms with Gasteiger partial charge in [0, 0.05) is 5.39 Å². The first-order chi connectivity index (χ1) is 7.24. The molecule has 15 heavy (non-hydrogen) atoms. The van der Waals surface area contributed by atoms with Gasteiger partial charge < -0.3 is 4.74 Å². The van der Waals surface area contributed by atoms with Crippen LogP contribution in [0.5, 0.6) is 5.88 Å². The summed E-state index contributed by atoms with van der Waals surface area (Å²) in [6.07, 6.45) is 0.758. The largest absolute Gasteiger partial charge is 0.480 e. The van der Waals surface area contributed by atoms with Gasteiger partial charge in [0.25, 0.3) is 0 Å². The van der Waals surface area contributed by atoms with E-state index in [2.05, 4.69) is 4.98 Å². The van der Waals surface area contributed by atoms with Gasteiger partial charge in [0.2, 0.25) is 5.88 Å². The predicted octanol–water partition coefficient (Wildman–Crippen LogP) is 2.36. The van der Waals surface area contributed by atoms with E-state index in [0.29, 0.717) is 11.4 Å². The number of carbonyl (C=O) groups is 1. The predicted molar refractivity (Wildman–Crippen MR) is 58.4 cm³/mol. The van der Waals surface area contributed by atoms with Crippen molar-refractivity contribution in [1.29, 1.82) is 0 Å². The molecule has 0 fully saturated rings. The van der Waals surface area contributed by atoms with Crippen molar-refractivity contribution in [3.8, 4) is 5.88 Å². The molecule has 3 nitrogen and oxygen atoms in total. The lowest BCUT2D eigenvalue weighted by molar-refractivity contribution is 0.112. The van der Waals surface area contributed by atoms with Gasteiger partial charge in [-0.1, -0.05) is 11.6 Å². The van der Waals surface area contributed by atoms with E-state index >= 15 is 0 Å². The molecular weight excluding hydrogens is 190 g/mol. The van der Waals surface area contributed by atoms with Gasteiger partial charge in [0.15, 0.2) is 6.29 Å². The van der Waals surface area contributed by atoms with Gasteiger partial charge in [0.1, 0.15) is 0 Å². The minimum atomic E-state index is 0.376. The molecule has 2 rings (SSSR count). The second-order valence-electron chi connectivity index (χ2n) is 3.40. The Morgan fingerprint density at radius 1 is 1.33 bits per heavy atom. The van der Waals surface area contributed by atoms with Gasteiger partial charge in [-0.15, -0.1) is 0 Å². The number of aldehydes is 1. The molecule has 2 aromatic rings. The molecule has 3 heteroatoms. The number of nitrogens with zero attached hydrogens (tertiary/aromatic N) is 1. The lowest BCUT2D eigenvalue weighted by Crippen LogP contribution is -1.94. The van der Waals surface area contributed by atoms with E-state index in [1.165, 1.54) is 7.11 Å². The number of fused-ring (bicyclic) bond motifs is 1. The van der Waals surface area contributed by atoms with Crippen LogP contribution in [0.1, 0.15) is 15.9 Å². The quantitative estimate of drug-likeness (QED) is 0.700. The normalized spacial score (nSPS) is 10.3. The number of aryl methyl sites for hydroxylation is 1. The van der Waals surface area contributed by atoms with Crippen molar-refractivity contribution in [2.24, 2.45) is 0 Å². The summed E-state index contributed by atoms with van der Waals surface area (Å²) in [5.74, 6) is 0.376. The average molecular weight is 201 g/mol. The van der Waals surface area contributed by atoms with Crippen molar-refractivity contribution >= 4 is 17.2 Å². The topological polar surface area (TPSA) is 39.2 Å². The van der Waals surface area contributed by atoms with Gasteiger partial charge >= 0.3 is 0 Å². The molecule has 0 spiro atoms. The van der Waals surface area contributed by atoms with Crippen molar-refractivity contribution in [2.45, 2.75) is 6.92 Å². The summed E-state index contributed by atoms with van der Waals surface area (Å²) in [6.45, 7) is 2.00. The van der Waals surface area contributed by atoms with E-state index < -0.39 is 0 Å². The van der Waals surface area contributed by atoms with E-state index in [1.54, 1.807) is 6.07 Å². The first kappa shape index (κ1) is 9.65. The molecule has 0 radical (unpaired) electrons. The van der Waals surface area contributed by atoms with Crippen molar-refractivity contribution in [3.05, 3.63) is 35.4 Å². The Bertz CT molecular complexity index is 520. The molecule has 76 valence electrons. The molecule has 0 aliphatic rings. The third kappa shape index (κ3) is 1.68. The number of hydrogen-bond acceptors (Lipinski definition) is 3. The molecule has 0 saturated carbocycles. The summed E-state index contributed by atoms with van der Waals surface area (Å²) >= 11 is 0. The fraction of sp³-hybridized carbons (Fsp3) is 0.167. The number of hydrogen-bond donors (Lipinski definition) is 0. The number of carbonyl (C=O) groups excluding carboxylic acids is 1. The van der Waals surface area contributed by atoms with Gasteiger partial charge in [-0.2, -0.15) is 0 Å². The van der Waals surface area contributed by atoms with Crippen LogP contribution in [0.15, 0.2) is 24.3 Å². The zero-order chi connectivity index (χ0) is 10.8. The maximum absolute atomic E-state index is 10.8. The molecule has 0 amide bonds. The molecule has 0 aliphatic heterocycles. The SMILES string of the molecule is COc1nc2ccc(C)cc2cc1C=O. The lowest BCUT2D eigenvalue weighted by Gasteiger charge is -2.05. The summed E-state index contributed by atoms with van der Waals surface area (Å²) in [4.78, 5) is 15.0. The van der Waals surface area contributed by atoms with E-state index in [9.17, 15) is 4.79 Å². The van der Waals surface area contributed by atoms with Gasteiger partial charge in [-0.3, -0.25) is 4.79 Å². The third-order valence-electron chi connectivity index (χ3n) is 2.28. The lowest BCUT2D eigenvalue weighted by atomic mass is 10.1. The monoisotopic (exact) mass is 201 g/mol. The molecule has 0 N–H and O–H groups in total. The Morgan fingerprint density at radius 2 is 2.13 bits per heavy atom.